The summed E-state index contributed by atoms with van der Waals surface area (Å²) < 4.78 is 66.7. The Bertz CT molecular complexity index is 923. The van der Waals surface area contributed by atoms with Gasteiger partial charge in [0.1, 0.15) is 6.10 Å². The molecule has 0 radical (unpaired) electrons. The van der Waals surface area contributed by atoms with E-state index in [0.29, 0.717) is 12.8 Å². The Kier molecular flexibility index (Phi) is 4.15. The van der Waals surface area contributed by atoms with E-state index in [-0.39, 0.29) is 24.2 Å². The largest absolute Gasteiger partial charge is 0.460 e. The number of hydroxylamine groups is 2. The van der Waals surface area contributed by atoms with Crippen molar-refractivity contribution in [3.63, 3.8) is 0 Å². The van der Waals surface area contributed by atoms with Gasteiger partial charge in [-0.25, -0.2) is 4.79 Å². The standard InChI is InChI=1S/C22H27NO4/c1-2-17-26-22(18-9-5-3-6-10-18,19-11-7-4-8-12-19)21(24)27-20-13-15-23(25)16-14-20/h3-12,20,25H,2,13-17H2,1H3/i1D3,2D2,17D2. The Morgan fingerprint density at radius 3 is 2.22 bits per heavy atom. The molecule has 0 atom stereocenters. The van der Waals surface area contributed by atoms with Crippen LogP contribution in [0.2, 0.25) is 0 Å². The van der Waals surface area contributed by atoms with Gasteiger partial charge in [0.25, 0.3) is 0 Å². The molecule has 1 fully saturated rings. The molecule has 0 spiro atoms. The minimum Gasteiger partial charge on any atom is -0.460 e. The maximum Gasteiger partial charge on any atom is 0.348 e. The van der Waals surface area contributed by atoms with Gasteiger partial charge in [-0.05, 0) is 30.3 Å². The molecule has 0 amide bonds. The van der Waals surface area contributed by atoms with Crippen LogP contribution >= 0.6 is 0 Å². The van der Waals surface area contributed by atoms with Crippen molar-refractivity contribution < 1.29 is 29.1 Å². The summed E-state index contributed by atoms with van der Waals surface area (Å²) >= 11 is 0. The molecule has 2 aromatic rings. The van der Waals surface area contributed by atoms with Gasteiger partial charge in [0.2, 0.25) is 5.60 Å². The van der Waals surface area contributed by atoms with Crippen molar-refractivity contribution in [1.82, 2.24) is 5.06 Å². The number of carbonyl (C=O) groups is 1. The third-order valence-corrected chi connectivity index (χ3v) is 4.60. The molecule has 0 aliphatic carbocycles. The molecule has 2 aromatic carbocycles. The van der Waals surface area contributed by atoms with Crippen LogP contribution in [-0.2, 0) is 19.9 Å². The SMILES string of the molecule is [2H]C([2H])([2H])C([2H])([2H])C([2H])([2H])OC(C(=O)OC1CCN(O)CC1)(c1ccccc1)c1ccccc1. The first kappa shape index (κ1) is 12.3. The Balaban J connectivity index is 2.16. The fourth-order valence-electron chi connectivity index (χ4n) is 3.20. The van der Waals surface area contributed by atoms with Crippen LogP contribution in [0, 0.1) is 0 Å². The van der Waals surface area contributed by atoms with Crippen molar-refractivity contribution in [2.45, 2.75) is 37.8 Å². The van der Waals surface area contributed by atoms with Crippen LogP contribution in [-0.4, -0.2) is 42.0 Å². The lowest BCUT2D eigenvalue weighted by Crippen LogP contribution is -2.45. The molecule has 5 nitrogen and oxygen atoms in total. The molecule has 144 valence electrons. The van der Waals surface area contributed by atoms with Gasteiger partial charge in [-0.3, -0.25) is 0 Å². The first-order valence-corrected chi connectivity index (χ1v) is 8.77. The molecule has 3 rings (SSSR count). The Hall–Kier alpha value is -2.21. The van der Waals surface area contributed by atoms with Crippen LogP contribution < -0.4 is 0 Å². The monoisotopic (exact) mass is 376 g/mol. The van der Waals surface area contributed by atoms with Crippen LogP contribution in [0.5, 0.6) is 0 Å². The third-order valence-electron chi connectivity index (χ3n) is 4.60. The predicted octanol–water partition coefficient (Wildman–Crippen LogP) is 3.75. The first-order valence-electron chi connectivity index (χ1n) is 12.3. The highest BCUT2D eigenvalue weighted by molar-refractivity contribution is 5.86. The van der Waals surface area contributed by atoms with Gasteiger partial charge >= 0.3 is 5.97 Å². The van der Waals surface area contributed by atoms with Crippen molar-refractivity contribution in [1.29, 1.82) is 0 Å². The number of nitrogens with zero attached hydrogens (tertiary/aromatic N) is 1. The second kappa shape index (κ2) is 9.13. The smallest absolute Gasteiger partial charge is 0.348 e. The van der Waals surface area contributed by atoms with E-state index < -0.39 is 37.5 Å². The van der Waals surface area contributed by atoms with Crippen molar-refractivity contribution in [3.05, 3.63) is 71.8 Å². The summed E-state index contributed by atoms with van der Waals surface area (Å²) in [5.74, 6) is -1.01. The normalized spacial score (nSPS) is 21.6. The van der Waals surface area contributed by atoms with E-state index in [9.17, 15) is 10.0 Å². The van der Waals surface area contributed by atoms with E-state index in [1.54, 1.807) is 36.4 Å². The van der Waals surface area contributed by atoms with E-state index >= 15 is 0 Å². The summed E-state index contributed by atoms with van der Waals surface area (Å²) in [6, 6.07) is 15.8. The predicted molar refractivity (Wildman–Crippen MR) is 102 cm³/mol. The number of piperidine rings is 1. The fraction of sp³-hybridized carbons (Fsp3) is 0.409. The van der Waals surface area contributed by atoms with Gasteiger partial charge < -0.3 is 14.7 Å². The molecule has 0 saturated carbocycles. The summed E-state index contributed by atoms with van der Waals surface area (Å²) in [4.78, 5) is 13.8. The molecule has 1 N–H and O–H groups in total. The number of esters is 1. The number of hydrogen-bond acceptors (Lipinski definition) is 5. The average Bonchev–Trinajstić information content (AvgIpc) is 2.79. The molecular formula is C22H27NO4. The summed E-state index contributed by atoms with van der Waals surface area (Å²) in [6.07, 6.45) is -3.41. The molecule has 0 unspecified atom stereocenters. The molecular weight excluding hydrogens is 342 g/mol. The van der Waals surface area contributed by atoms with Crippen molar-refractivity contribution in [2.75, 3.05) is 19.6 Å². The van der Waals surface area contributed by atoms with Crippen LogP contribution in [0.1, 0.15) is 46.8 Å². The van der Waals surface area contributed by atoms with Crippen molar-refractivity contribution in [2.24, 2.45) is 0 Å². The lowest BCUT2D eigenvalue weighted by Gasteiger charge is -2.35. The van der Waals surface area contributed by atoms with E-state index in [1.165, 1.54) is 24.3 Å². The van der Waals surface area contributed by atoms with Crippen molar-refractivity contribution >= 4 is 5.97 Å². The number of rotatable bonds is 7. The minimum absolute atomic E-state index is 0.149. The molecule has 1 aliphatic rings. The third kappa shape index (κ3) is 4.38. The van der Waals surface area contributed by atoms with Gasteiger partial charge in [0.05, 0.1) is 2.74 Å². The molecule has 1 saturated heterocycles. The van der Waals surface area contributed by atoms with E-state index in [0.717, 1.165) is 5.06 Å². The van der Waals surface area contributed by atoms with Gasteiger partial charge in [-0.2, -0.15) is 5.06 Å². The van der Waals surface area contributed by atoms with E-state index in [2.05, 4.69) is 0 Å². The van der Waals surface area contributed by atoms with Crippen molar-refractivity contribution in [3.8, 4) is 0 Å². The second-order valence-corrected chi connectivity index (χ2v) is 6.30. The number of carbonyl (C=O) groups excluding carboxylic acids is 1. The number of benzene rings is 2. The minimum atomic E-state index is -3.46. The summed E-state index contributed by atoms with van der Waals surface area (Å²) in [5.41, 5.74) is -2.01. The van der Waals surface area contributed by atoms with Crippen LogP contribution in [0.15, 0.2) is 60.7 Å². The van der Waals surface area contributed by atoms with Crippen LogP contribution in [0.3, 0.4) is 0 Å². The maximum absolute atomic E-state index is 13.8. The molecule has 0 aromatic heterocycles. The number of ether oxygens (including phenoxy) is 2. The highest BCUT2D eigenvalue weighted by atomic mass is 16.6. The quantitative estimate of drug-likeness (QED) is 0.746. The summed E-state index contributed by atoms with van der Waals surface area (Å²) in [7, 11) is 0. The van der Waals surface area contributed by atoms with Crippen LogP contribution in [0.4, 0.5) is 0 Å². The molecule has 1 heterocycles. The van der Waals surface area contributed by atoms with Gasteiger partial charge in [-0.1, -0.05) is 67.5 Å². The lowest BCUT2D eigenvalue weighted by atomic mass is 9.85. The molecule has 0 bridgehead atoms. The van der Waals surface area contributed by atoms with Gasteiger partial charge in [0, 0.05) is 26.5 Å². The highest BCUT2D eigenvalue weighted by Crippen LogP contribution is 2.36. The maximum atomic E-state index is 13.8. The molecule has 27 heavy (non-hydrogen) atoms. The average molecular weight is 377 g/mol. The van der Waals surface area contributed by atoms with Crippen LogP contribution in [0.25, 0.3) is 0 Å². The van der Waals surface area contributed by atoms with Gasteiger partial charge in [-0.15, -0.1) is 0 Å². The lowest BCUT2D eigenvalue weighted by molar-refractivity contribution is -0.182. The molecule has 1 aliphatic heterocycles. The van der Waals surface area contributed by atoms with E-state index in [4.69, 9.17) is 19.1 Å². The second-order valence-electron chi connectivity index (χ2n) is 6.30. The topological polar surface area (TPSA) is 59.0 Å². The Labute approximate surface area is 170 Å². The Morgan fingerprint density at radius 2 is 1.70 bits per heavy atom. The van der Waals surface area contributed by atoms with Gasteiger partial charge in [0.15, 0.2) is 0 Å². The highest BCUT2D eigenvalue weighted by Gasteiger charge is 2.46. The summed E-state index contributed by atoms with van der Waals surface area (Å²) in [6.45, 7) is -6.28. The fourth-order valence-corrected chi connectivity index (χ4v) is 3.20. The zero-order valence-electron chi connectivity index (χ0n) is 21.8. The Morgan fingerprint density at radius 1 is 1.15 bits per heavy atom. The van der Waals surface area contributed by atoms with E-state index in [1.807, 2.05) is 0 Å². The zero-order chi connectivity index (χ0) is 25.2. The molecule has 5 heteroatoms. The first-order chi connectivity index (χ1) is 15.8. The number of hydrogen-bond donors (Lipinski definition) is 1. The summed E-state index contributed by atoms with van der Waals surface area (Å²) in [5, 5.41) is 10.7. The zero-order valence-corrected chi connectivity index (χ0v) is 14.8.